The lowest BCUT2D eigenvalue weighted by Crippen LogP contribution is -2.23. The predicted molar refractivity (Wildman–Crippen MR) is 123 cm³/mol. The van der Waals surface area contributed by atoms with Gasteiger partial charge in [-0.05, 0) is 44.4 Å². The first-order chi connectivity index (χ1) is 14.7. The number of benzene rings is 1. The van der Waals surface area contributed by atoms with Crippen LogP contribution in [0.2, 0.25) is 5.02 Å². The van der Waals surface area contributed by atoms with Crippen LogP contribution in [0.1, 0.15) is 45.2 Å². The molecule has 31 heavy (non-hydrogen) atoms. The Hall–Kier alpha value is -2.71. The second-order valence-corrected chi connectivity index (χ2v) is 9.43. The summed E-state index contributed by atoms with van der Waals surface area (Å²) in [6.45, 7) is 9.83. The van der Waals surface area contributed by atoms with Crippen LogP contribution in [0.25, 0.3) is 0 Å². The van der Waals surface area contributed by atoms with E-state index in [1.165, 1.54) is 17.0 Å². The van der Waals surface area contributed by atoms with E-state index in [0.29, 0.717) is 17.0 Å². The second-order valence-electron chi connectivity index (χ2n) is 7.09. The normalized spacial score (nSPS) is 13.2. The van der Waals surface area contributed by atoms with Crippen LogP contribution >= 0.6 is 11.6 Å². The fourth-order valence-corrected chi connectivity index (χ4v) is 4.29. The first-order valence-corrected chi connectivity index (χ1v) is 11.8. The Balaban J connectivity index is 2.53. The highest BCUT2D eigenvalue weighted by molar-refractivity contribution is 7.90. The number of aromatic amines is 1. The van der Waals surface area contributed by atoms with Gasteiger partial charge in [0.05, 0.1) is 11.8 Å². The van der Waals surface area contributed by atoms with Gasteiger partial charge in [0.1, 0.15) is 6.20 Å². The maximum atomic E-state index is 12.8. The largest absolute Gasteiger partial charge is 0.305 e. The molecule has 1 N–H and O–H groups in total. The van der Waals surface area contributed by atoms with Gasteiger partial charge < -0.3 is 4.57 Å². The molecule has 0 aliphatic heterocycles. The van der Waals surface area contributed by atoms with E-state index >= 15 is 0 Å². The first kappa shape index (κ1) is 24.6. The maximum Gasteiger partial charge on any atom is 0.271 e. The zero-order chi connectivity index (χ0) is 23.0. The SMILES string of the molecule is C=CCC(/C(C)=C(\C)CC)n1ccnc(S(=O)(=O)Cc2ccc(Cl)cc2)[nH]ncc1=O. The Morgan fingerprint density at radius 2 is 1.97 bits per heavy atom. The Morgan fingerprint density at radius 3 is 2.58 bits per heavy atom. The molecule has 0 spiro atoms. The molecule has 1 unspecified atom stereocenters. The van der Waals surface area contributed by atoms with Crippen molar-refractivity contribution in [2.75, 3.05) is 0 Å². The minimum absolute atomic E-state index is 0.268. The molecule has 1 aromatic carbocycles. The zero-order valence-corrected chi connectivity index (χ0v) is 19.4. The predicted octanol–water partition coefficient (Wildman–Crippen LogP) is 4.58. The maximum absolute atomic E-state index is 12.8. The van der Waals surface area contributed by atoms with Crippen molar-refractivity contribution >= 4 is 21.4 Å². The van der Waals surface area contributed by atoms with Crippen LogP contribution in [0.3, 0.4) is 0 Å². The summed E-state index contributed by atoms with van der Waals surface area (Å²) in [5.74, 6) is -0.284. The van der Waals surface area contributed by atoms with E-state index in [1.807, 2.05) is 20.8 Å². The fourth-order valence-electron chi connectivity index (χ4n) is 2.98. The van der Waals surface area contributed by atoms with Crippen molar-refractivity contribution in [2.24, 2.45) is 0 Å². The molecule has 9 heteroatoms. The summed E-state index contributed by atoms with van der Waals surface area (Å²) in [4.78, 5) is 16.8. The van der Waals surface area contributed by atoms with E-state index in [0.717, 1.165) is 23.8 Å². The molecule has 0 radical (unpaired) electrons. The second kappa shape index (κ2) is 11.1. The van der Waals surface area contributed by atoms with Gasteiger partial charge in [-0.2, -0.15) is 5.10 Å². The van der Waals surface area contributed by atoms with Crippen molar-refractivity contribution in [3.8, 4) is 0 Å². The average molecular weight is 463 g/mol. The number of sulfone groups is 1. The first-order valence-electron chi connectivity index (χ1n) is 9.79. The van der Waals surface area contributed by atoms with Gasteiger partial charge in [-0.15, -0.1) is 6.58 Å². The van der Waals surface area contributed by atoms with Gasteiger partial charge in [-0.1, -0.05) is 47.9 Å². The minimum Gasteiger partial charge on any atom is -0.305 e. The van der Waals surface area contributed by atoms with Gasteiger partial charge in [0.25, 0.3) is 5.56 Å². The molecule has 0 aliphatic rings. The molecule has 1 heterocycles. The van der Waals surface area contributed by atoms with E-state index in [9.17, 15) is 13.2 Å². The number of halogens is 1. The monoisotopic (exact) mass is 462 g/mol. The molecule has 1 atom stereocenters. The number of nitrogens with one attached hydrogen (secondary N) is 1. The molecular weight excluding hydrogens is 436 g/mol. The minimum atomic E-state index is -3.83. The van der Waals surface area contributed by atoms with Crippen LogP contribution in [-0.4, -0.2) is 28.2 Å². The van der Waals surface area contributed by atoms with Gasteiger partial charge in [0.2, 0.25) is 15.0 Å². The molecule has 2 aromatic rings. The van der Waals surface area contributed by atoms with Crippen LogP contribution in [0.5, 0.6) is 0 Å². The lowest BCUT2D eigenvalue weighted by Gasteiger charge is -2.20. The van der Waals surface area contributed by atoms with Crippen molar-refractivity contribution in [3.63, 3.8) is 0 Å². The standard InChI is InChI=1S/C22H27ClN4O3S/c1-5-7-20(17(4)16(3)6-2)27-13-12-24-22(26-25-14-21(27)28)31(29,30)15-18-8-10-19(23)11-9-18/h5,8-14,20H,1,6-7,15H2,2-4H3,(H,24,26)/b13-12?,17-16+,25-14?. The highest BCUT2D eigenvalue weighted by atomic mass is 35.5. The number of nitrogens with zero attached hydrogens (tertiary/aromatic N) is 3. The highest BCUT2D eigenvalue weighted by Crippen LogP contribution is 2.24. The summed E-state index contributed by atoms with van der Waals surface area (Å²) < 4.78 is 27.1. The number of hydrogen-bond acceptors (Lipinski definition) is 5. The molecule has 2 rings (SSSR count). The molecule has 1 aromatic heterocycles. The van der Waals surface area contributed by atoms with Gasteiger partial charge in [0, 0.05) is 17.4 Å². The van der Waals surface area contributed by atoms with Crippen molar-refractivity contribution < 1.29 is 8.42 Å². The van der Waals surface area contributed by atoms with E-state index in [-0.39, 0.29) is 17.0 Å². The third-order valence-electron chi connectivity index (χ3n) is 5.00. The summed E-state index contributed by atoms with van der Waals surface area (Å²) in [6, 6.07) is 6.23. The topological polar surface area (TPSA) is 97.7 Å². The lowest BCUT2D eigenvalue weighted by molar-refractivity contribution is 0.554. The van der Waals surface area contributed by atoms with Crippen molar-refractivity contribution in [1.29, 1.82) is 0 Å². The summed E-state index contributed by atoms with van der Waals surface area (Å²) in [5, 5.41) is 6.38. The summed E-state index contributed by atoms with van der Waals surface area (Å²) in [7, 11) is -3.83. The average Bonchev–Trinajstić information content (AvgIpc) is 2.83. The van der Waals surface area contributed by atoms with Crippen LogP contribution in [0, 0.1) is 0 Å². The van der Waals surface area contributed by atoms with E-state index < -0.39 is 15.4 Å². The molecule has 0 amide bonds. The molecule has 0 bridgehead atoms. The Labute approximate surface area is 187 Å². The van der Waals surface area contributed by atoms with E-state index in [2.05, 4.69) is 21.8 Å². The zero-order valence-electron chi connectivity index (χ0n) is 17.9. The highest BCUT2D eigenvalue weighted by Gasteiger charge is 2.18. The summed E-state index contributed by atoms with van der Waals surface area (Å²) >= 11 is 5.86. The molecular formula is C22H27ClN4O3S. The Kier molecular flexibility index (Phi) is 8.76. The molecule has 0 saturated heterocycles. The molecule has 7 nitrogen and oxygen atoms in total. The lowest BCUT2D eigenvalue weighted by atomic mass is 9.98. The van der Waals surface area contributed by atoms with Crippen molar-refractivity contribution in [3.05, 3.63) is 87.6 Å². The van der Waals surface area contributed by atoms with Crippen LogP contribution < -0.4 is 5.56 Å². The number of aromatic nitrogens is 4. The number of allylic oxidation sites excluding steroid dienone is 3. The Morgan fingerprint density at radius 1 is 1.29 bits per heavy atom. The van der Waals surface area contributed by atoms with Crippen molar-refractivity contribution in [2.45, 2.75) is 50.6 Å². The molecule has 0 saturated carbocycles. The Bertz CT molecular complexity index is 1160. The van der Waals surface area contributed by atoms with Crippen LogP contribution in [0.4, 0.5) is 0 Å². The van der Waals surface area contributed by atoms with Gasteiger partial charge in [-0.25, -0.2) is 13.4 Å². The number of hydrogen-bond donors (Lipinski definition) is 1. The smallest absolute Gasteiger partial charge is 0.271 e. The summed E-state index contributed by atoms with van der Waals surface area (Å²) in [6.07, 6.45) is 6.94. The molecule has 166 valence electrons. The van der Waals surface area contributed by atoms with Crippen molar-refractivity contribution in [1.82, 2.24) is 19.7 Å². The van der Waals surface area contributed by atoms with E-state index in [1.54, 1.807) is 30.3 Å². The number of H-pyrrole nitrogens is 1. The number of rotatable bonds is 8. The van der Waals surface area contributed by atoms with Gasteiger partial charge in [-0.3, -0.25) is 9.89 Å². The van der Waals surface area contributed by atoms with Gasteiger partial charge >= 0.3 is 0 Å². The third kappa shape index (κ3) is 6.63. The quantitative estimate of drug-likeness (QED) is 0.579. The molecule has 0 aliphatic carbocycles. The summed E-state index contributed by atoms with van der Waals surface area (Å²) in [5.41, 5.74) is 2.37. The van der Waals surface area contributed by atoms with Gasteiger partial charge in [0.15, 0.2) is 0 Å². The fraction of sp³-hybridized carbons (Fsp3) is 0.318. The third-order valence-corrected chi connectivity index (χ3v) is 6.75. The molecule has 0 fully saturated rings. The van der Waals surface area contributed by atoms with E-state index in [4.69, 9.17) is 11.6 Å². The van der Waals surface area contributed by atoms with Crippen LogP contribution in [-0.2, 0) is 15.6 Å². The van der Waals surface area contributed by atoms with Crippen LogP contribution in [0.15, 0.2) is 76.6 Å².